The van der Waals surface area contributed by atoms with Crippen LogP contribution in [0.25, 0.3) is 0 Å². The molecule has 0 aliphatic heterocycles. The summed E-state index contributed by atoms with van der Waals surface area (Å²) in [6.45, 7) is 7.01. The fourth-order valence-electron chi connectivity index (χ4n) is 3.30. The van der Waals surface area contributed by atoms with Crippen molar-refractivity contribution < 1.29 is 18.3 Å². The lowest BCUT2D eigenvalue weighted by Gasteiger charge is -2.19. The molecule has 6 nitrogen and oxygen atoms in total. The number of halogens is 2. The molecule has 0 spiro atoms. The van der Waals surface area contributed by atoms with Gasteiger partial charge < -0.3 is 14.5 Å². The summed E-state index contributed by atoms with van der Waals surface area (Å²) < 4.78 is 26.2. The number of rotatable bonds is 7. The zero-order valence-electron chi connectivity index (χ0n) is 19.1. The third kappa shape index (κ3) is 5.85. The molecule has 2 aromatic carbocycles. The van der Waals surface area contributed by atoms with Crippen LogP contribution in [-0.4, -0.2) is 15.7 Å². The van der Waals surface area contributed by atoms with Crippen molar-refractivity contribution in [2.75, 3.05) is 5.32 Å². The molecule has 34 heavy (non-hydrogen) atoms. The molecule has 4 rings (SSSR count). The second-order valence-corrected chi connectivity index (χ2v) is 9.32. The first kappa shape index (κ1) is 23.6. The van der Waals surface area contributed by atoms with Gasteiger partial charge in [-0.05, 0) is 52.9 Å². The highest BCUT2D eigenvalue weighted by Gasteiger charge is 2.15. The van der Waals surface area contributed by atoms with E-state index in [2.05, 4.69) is 31.2 Å². The van der Waals surface area contributed by atoms with Crippen LogP contribution >= 0.6 is 11.6 Å². The predicted molar refractivity (Wildman–Crippen MR) is 129 cm³/mol. The second-order valence-electron chi connectivity index (χ2n) is 8.92. The van der Waals surface area contributed by atoms with E-state index in [-0.39, 0.29) is 17.8 Å². The fraction of sp³-hybridized carbons (Fsp3) is 0.231. The highest BCUT2D eigenvalue weighted by Crippen LogP contribution is 2.25. The second kappa shape index (κ2) is 9.73. The number of nitrogens with zero attached hydrogens (tertiary/aromatic N) is 2. The van der Waals surface area contributed by atoms with E-state index < -0.39 is 11.7 Å². The minimum absolute atomic E-state index is 0.0750. The van der Waals surface area contributed by atoms with Gasteiger partial charge in [-0.25, -0.2) is 4.39 Å². The number of anilines is 1. The molecule has 0 aliphatic rings. The summed E-state index contributed by atoms with van der Waals surface area (Å²) in [6, 6.07) is 17.1. The lowest BCUT2D eigenvalue weighted by Crippen LogP contribution is -2.12. The molecule has 0 unspecified atom stereocenters. The Hall–Kier alpha value is -3.58. The van der Waals surface area contributed by atoms with E-state index in [0.717, 1.165) is 5.75 Å². The SMILES string of the molecule is CC(C)(C)c1ccc(OCc2ccc(C(=O)Nc3ccn(Cc4ccc(F)cc4Cl)n3)o2)cc1. The Balaban J connectivity index is 1.32. The lowest BCUT2D eigenvalue weighted by molar-refractivity contribution is 0.0992. The van der Waals surface area contributed by atoms with Crippen LogP contribution in [0.2, 0.25) is 5.02 Å². The quantitative estimate of drug-likeness (QED) is 0.329. The maximum atomic E-state index is 13.2. The van der Waals surface area contributed by atoms with Gasteiger partial charge in [0.1, 0.15) is 23.9 Å². The zero-order valence-corrected chi connectivity index (χ0v) is 19.9. The van der Waals surface area contributed by atoms with Crippen LogP contribution in [-0.2, 0) is 18.6 Å². The molecule has 4 aromatic rings. The van der Waals surface area contributed by atoms with Crippen molar-refractivity contribution in [2.24, 2.45) is 0 Å². The topological polar surface area (TPSA) is 69.3 Å². The van der Waals surface area contributed by atoms with E-state index in [1.807, 2.05) is 24.3 Å². The van der Waals surface area contributed by atoms with Crippen molar-refractivity contribution in [3.63, 3.8) is 0 Å². The highest BCUT2D eigenvalue weighted by molar-refractivity contribution is 6.31. The molecule has 0 aliphatic carbocycles. The number of ether oxygens (including phenoxy) is 1. The summed E-state index contributed by atoms with van der Waals surface area (Å²) in [5.74, 6) is 0.938. The molecular formula is C26H25ClFN3O3. The molecule has 0 bridgehead atoms. The van der Waals surface area contributed by atoms with Gasteiger partial charge in [-0.2, -0.15) is 5.10 Å². The molecule has 1 amide bonds. The normalized spacial score (nSPS) is 11.4. The number of furan rings is 1. The minimum atomic E-state index is -0.425. The van der Waals surface area contributed by atoms with Crippen molar-refractivity contribution >= 4 is 23.3 Å². The predicted octanol–water partition coefficient (Wildman–Crippen LogP) is 6.45. The van der Waals surface area contributed by atoms with Gasteiger partial charge in [-0.1, -0.05) is 50.6 Å². The van der Waals surface area contributed by atoms with Gasteiger partial charge in [0.25, 0.3) is 5.91 Å². The van der Waals surface area contributed by atoms with E-state index in [1.165, 1.54) is 17.7 Å². The number of carbonyl (C=O) groups is 1. The summed E-state index contributed by atoms with van der Waals surface area (Å²) in [4.78, 5) is 12.5. The smallest absolute Gasteiger partial charge is 0.292 e. The maximum absolute atomic E-state index is 13.2. The number of benzene rings is 2. The Morgan fingerprint density at radius 2 is 1.88 bits per heavy atom. The Morgan fingerprint density at radius 1 is 1.12 bits per heavy atom. The monoisotopic (exact) mass is 481 g/mol. The van der Waals surface area contributed by atoms with Crippen molar-refractivity contribution in [3.8, 4) is 5.75 Å². The average Bonchev–Trinajstić information content (AvgIpc) is 3.43. The van der Waals surface area contributed by atoms with Crippen LogP contribution in [0.1, 0.15) is 48.2 Å². The van der Waals surface area contributed by atoms with Gasteiger partial charge >= 0.3 is 0 Å². The molecule has 176 valence electrons. The van der Waals surface area contributed by atoms with E-state index in [0.29, 0.717) is 28.7 Å². The number of carbonyl (C=O) groups excluding carboxylic acids is 1. The molecule has 2 heterocycles. The number of amides is 1. The van der Waals surface area contributed by atoms with Crippen LogP contribution in [0.15, 0.2) is 71.3 Å². The lowest BCUT2D eigenvalue weighted by atomic mass is 9.87. The maximum Gasteiger partial charge on any atom is 0.292 e. The van der Waals surface area contributed by atoms with E-state index >= 15 is 0 Å². The van der Waals surface area contributed by atoms with E-state index in [1.54, 1.807) is 35.1 Å². The van der Waals surface area contributed by atoms with Crippen molar-refractivity contribution in [1.82, 2.24) is 9.78 Å². The minimum Gasteiger partial charge on any atom is -0.486 e. The van der Waals surface area contributed by atoms with Gasteiger partial charge in [0, 0.05) is 17.3 Å². The largest absolute Gasteiger partial charge is 0.486 e. The molecule has 0 atom stereocenters. The van der Waals surface area contributed by atoms with Crippen molar-refractivity contribution in [3.05, 3.63) is 100 Å². The van der Waals surface area contributed by atoms with Crippen molar-refractivity contribution in [2.45, 2.75) is 39.3 Å². The Labute approximate surface area is 202 Å². The first-order valence-electron chi connectivity index (χ1n) is 10.8. The first-order valence-corrected chi connectivity index (χ1v) is 11.2. The zero-order chi connectivity index (χ0) is 24.3. The summed E-state index contributed by atoms with van der Waals surface area (Å²) in [5.41, 5.74) is 2.01. The van der Waals surface area contributed by atoms with Gasteiger partial charge in [-0.15, -0.1) is 0 Å². The van der Waals surface area contributed by atoms with E-state index in [4.69, 9.17) is 20.8 Å². The van der Waals surface area contributed by atoms with Crippen LogP contribution in [0, 0.1) is 5.82 Å². The summed E-state index contributed by atoms with van der Waals surface area (Å²) >= 11 is 6.07. The molecule has 0 saturated carbocycles. The van der Waals surface area contributed by atoms with E-state index in [9.17, 15) is 9.18 Å². The Kier molecular flexibility index (Phi) is 6.75. The van der Waals surface area contributed by atoms with Crippen LogP contribution in [0.3, 0.4) is 0 Å². The molecule has 0 saturated heterocycles. The summed E-state index contributed by atoms with van der Waals surface area (Å²) in [7, 11) is 0. The number of aromatic nitrogens is 2. The van der Waals surface area contributed by atoms with Crippen molar-refractivity contribution in [1.29, 1.82) is 0 Å². The molecule has 1 N–H and O–H groups in total. The first-order chi connectivity index (χ1) is 16.2. The Bertz CT molecular complexity index is 1290. The fourth-order valence-corrected chi connectivity index (χ4v) is 3.53. The summed E-state index contributed by atoms with van der Waals surface area (Å²) in [6.07, 6.45) is 1.70. The van der Waals surface area contributed by atoms with Crippen LogP contribution < -0.4 is 10.1 Å². The third-order valence-electron chi connectivity index (χ3n) is 5.22. The molecule has 0 radical (unpaired) electrons. The molecular weight excluding hydrogens is 457 g/mol. The van der Waals surface area contributed by atoms with Crippen LogP contribution in [0.5, 0.6) is 5.75 Å². The summed E-state index contributed by atoms with van der Waals surface area (Å²) in [5, 5.41) is 7.32. The van der Waals surface area contributed by atoms with Gasteiger partial charge in [0.15, 0.2) is 11.6 Å². The van der Waals surface area contributed by atoms with Gasteiger partial charge in [0.05, 0.1) is 6.54 Å². The van der Waals surface area contributed by atoms with Crippen LogP contribution in [0.4, 0.5) is 10.2 Å². The Morgan fingerprint density at radius 3 is 2.59 bits per heavy atom. The average molecular weight is 482 g/mol. The standard InChI is InChI=1S/C26H25ClFN3O3/c1-26(2,3)18-5-8-20(9-6-18)33-16-21-10-11-23(34-21)25(32)29-24-12-13-31(30-24)15-17-4-7-19(28)14-22(17)27/h4-14H,15-16H2,1-3H3,(H,29,30,32). The highest BCUT2D eigenvalue weighted by atomic mass is 35.5. The van der Waals surface area contributed by atoms with Gasteiger partial charge in [-0.3, -0.25) is 9.48 Å². The third-order valence-corrected chi connectivity index (χ3v) is 5.57. The number of hydrogen-bond acceptors (Lipinski definition) is 4. The number of nitrogens with one attached hydrogen (secondary N) is 1. The molecule has 8 heteroatoms. The molecule has 2 aromatic heterocycles. The molecule has 0 fully saturated rings. The van der Waals surface area contributed by atoms with Gasteiger partial charge in [0.2, 0.25) is 0 Å². The number of hydrogen-bond donors (Lipinski definition) is 1.